The van der Waals surface area contributed by atoms with Gasteiger partial charge in [-0.1, -0.05) is 6.07 Å². The zero-order valence-corrected chi connectivity index (χ0v) is 7.41. The lowest BCUT2D eigenvalue weighted by atomic mass is 10.1. The largest absolute Gasteiger partial charge is 0.497 e. The Morgan fingerprint density at radius 1 is 1.69 bits per heavy atom. The third-order valence-electron chi connectivity index (χ3n) is 1.68. The van der Waals surface area contributed by atoms with Crippen LogP contribution in [0.5, 0.6) is 5.75 Å². The molecular formula is C10H11O3. The highest BCUT2D eigenvalue weighted by Crippen LogP contribution is 2.13. The second kappa shape index (κ2) is 4.50. The summed E-state index contributed by atoms with van der Waals surface area (Å²) >= 11 is 0. The maximum atomic E-state index is 10.3. The van der Waals surface area contributed by atoms with Gasteiger partial charge in [-0.05, 0) is 30.2 Å². The average Bonchev–Trinajstić information content (AvgIpc) is 2.15. The lowest BCUT2D eigenvalue weighted by Crippen LogP contribution is -1.97. The molecule has 0 amide bonds. The van der Waals surface area contributed by atoms with Crippen LogP contribution in [0.25, 0.3) is 0 Å². The number of carbonyl (C=O) groups is 1. The Labute approximate surface area is 77.0 Å². The van der Waals surface area contributed by atoms with E-state index in [2.05, 4.69) is 6.07 Å². The molecule has 0 saturated heterocycles. The number of aryl methyl sites for hydroxylation is 1. The van der Waals surface area contributed by atoms with E-state index in [1.54, 1.807) is 25.3 Å². The predicted molar refractivity (Wildman–Crippen MR) is 47.8 cm³/mol. The highest BCUT2D eigenvalue weighted by molar-refractivity contribution is 5.67. The lowest BCUT2D eigenvalue weighted by Gasteiger charge is -2.01. The predicted octanol–water partition coefficient (Wildman–Crippen LogP) is 1.51. The molecule has 1 aromatic rings. The molecule has 0 heterocycles. The summed E-state index contributed by atoms with van der Waals surface area (Å²) in [4.78, 5) is 10.3. The molecule has 0 saturated carbocycles. The van der Waals surface area contributed by atoms with Crippen LogP contribution in [0, 0.1) is 6.07 Å². The van der Waals surface area contributed by atoms with Crippen LogP contribution in [-0.4, -0.2) is 18.2 Å². The summed E-state index contributed by atoms with van der Waals surface area (Å²) in [5.41, 5.74) is 0.863. The Bertz CT molecular complexity index is 294. The second-order valence-electron chi connectivity index (χ2n) is 2.65. The van der Waals surface area contributed by atoms with Crippen LogP contribution >= 0.6 is 0 Å². The van der Waals surface area contributed by atoms with Gasteiger partial charge in [0.25, 0.3) is 0 Å². The zero-order chi connectivity index (χ0) is 9.68. The first-order valence-corrected chi connectivity index (χ1v) is 3.99. The van der Waals surface area contributed by atoms with Crippen molar-refractivity contribution in [3.05, 3.63) is 29.8 Å². The van der Waals surface area contributed by atoms with Gasteiger partial charge in [0, 0.05) is 6.42 Å². The van der Waals surface area contributed by atoms with Gasteiger partial charge in [-0.25, -0.2) is 0 Å². The number of benzene rings is 1. The normalized spacial score (nSPS) is 9.62. The molecular weight excluding hydrogens is 168 g/mol. The van der Waals surface area contributed by atoms with Crippen LogP contribution in [0.15, 0.2) is 18.2 Å². The SMILES string of the molecule is COc1cc[c]c(CCC(=O)O)c1. The van der Waals surface area contributed by atoms with E-state index in [0.717, 1.165) is 11.3 Å². The van der Waals surface area contributed by atoms with Gasteiger partial charge in [-0.2, -0.15) is 0 Å². The molecule has 0 atom stereocenters. The molecule has 1 N–H and O–H groups in total. The summed E-state index contributed by atoms with van der Waals surface area (Å²) in [5, 5.41) is 8.46. The molecule has 0 bridgehead atoms. The van der Waals surface area contributed by atoms with E-state index in [0.29, 0.717) is 6.42 Å². The van der Waals surface area contributed by atoms with Crippen LogP contribution in [-0.2, 0) is 11.2 Å². The van der Waals surface area contributed by atoms with Crippen molar-refractivity contribution in [2.75, 3.05) is 7.11 Å². The smallest absolute Gasteiger partial charge is 0.303 e. The van der Waals surface area contributed by atoms with Crippen molar-refractivity contribution < 1.29 is 14.6 Å². The molecule has 1 radical (unpaired) electrons. The molecule has 0 aliphatic rings. The van der Waals surface area contributed by atoms with E-state index >= 15 is 0 Å². The zero-order valence-electron chi connectivity index (χ0n) is 7.41. The molecule has 69 valence electrons. The maximum absolute atomic E-state index is 10.3. The Kier molecular flexibility index (Phi) is 3.31. The fourth-order valence-electron chi connectivity index (χ4n) is 1.01. The summed E-state index contributed by atoms with van der Waals surface area (Å²) in [6, 6.07) is 8.26. The molecule has 0 unspecified atom stereocenters. The Morgan fingerprint density at radius 3 is 3.08 bits per heavy atom. The minimum atomic E-state index is -0.795. The third kappa shape index (κ3) is 3.15. The van der Waals surface area contributed by atoms with Crippen molar-refractivity contribution in [2.45, 2.75) is 12.8 Å². The fraction of sp³-hybridized carbons (Fsp3) is 0.300. The molecule has 0 spiro atoms. The van der Waals surface area contributed by atoms with Gasteiger partial charge in [-0.3, -0.25) is 4.79 Å². The van der Waals surface area contributed by atoms with Crippen molar-refractivity contribution in [2.24, 2.45) is 0 Å². The summed E-state index contributed by atoms with van der Waals surface area (Å²) in [5.74, 6) is -0.0599. The monoisotopic (exact) mass is 179 g/mol. The van der Waals surface area contributed by atoms with Crippen molar-refractivity contribution in [1.82, 2.24) is 0 Å². The van der Waals surface area contributed by atoms with Crippen LogP contribution in [0.4, 0.5) is 0 Å². The van der Waals surface area contributed by atoms with Crippen molar-refractivity contribution in [3.8, 4) is 5.75 Å². The third-order valence-corrected chi connectivity index (χ3v) is 1.68. The highest BCUT2D eigenvalue weighted by Gasteiger charge is 2.00. The molecule has 0 aromatic heterocycles. The van der Waals surface area contributed by atoms with Gasteiger partial charge in [0.1, 0.15) is 5.75 Å². The summed E-state index contributed by atoms with van der Waals surface area (Å²) in [7, 11) is 1.58. The van der Waals surface area contributed by atoms with E-state index in [-0.39, 0.29) is 6.42 Å². The van der Waals surface area contributed by atoms with Crippen molar-refractivity contribution >= 4 is 5.97 Å². The number of carboxylic acid groups (broad SMARTS) is 1. The lowest BCUT2D eigenvalue weighted by molar-refractivity contribution is -0.136. The van der Waals surface area contributed by atoms with Crippen molar-refractivity contribution in [1.29, 1.82) is 0 Å². The molecule has 3 nitrogen and oxygen atoms in total. The first-order chi connectivity index (χ1) is 6.22. The number of hydrogen-bond donors (Lipinski definition) is 1. The minimum absolute atomic E-state index is 0.129. The molecule has 0 fully saturated rings. The van der Waals surface area contributed by atoms with E-state index in [4.69, 9.17) is 9.84 Å². The Morgan fingerprint density at radius 2 is 2.46 bits per heavy atom. The first kappa shape index (κ1) is 9.58. The Hall–Kier alpha value is -1.51. The molecule has 13 heavy (non-hydrogen) atoms. The molecule has 3 heteroatoms. The number of rotatable bonds is 4. The fourth-order valence-corrected chi connectivity index (χ4v) is 1.01. The summed E-state index contributed by atoms with van der Waals surface area (Å²) in [6.07, 6.45) is 0.621. The van der Waals surface area contributed by atoms with Crippen LogP contribution in [0.1, 0.15) is 12.0 Å². The minimum Gasteiger partial charge on any atom is -0.497 e. The maximum Gasteiger partial charge on any atom is 0.303 e. The highest BCUT2D eigenvalue weighted by atomic mass is 16.5. The number of aliphatic carboxylic acids is 1. The number of methoxy groups -OCH3 is 1. The first-order valence-electron chi connectivity index (χ1n) is 3.99. The second-order valence-corrected chi connectivity index (χ2v) is 2.65. The summed E-state index contributed by atoms with van der Waals surface area (Å²) in [6.45, 7) is 0. The van der Waals surface area contributed by atoms with E-state index in [1.807, 2.05) is 0 Å². The topological polar surface area (TPSA) is 46.5 Å². The molecule has 0 aliphatic carbocycles. The Balaban J connectivity index is 2.61. The number of carboxylic acids is 1. The molecule has 1 rings (SSSR count). The molecule has 0 aliphatic heterocycles. The van der Waals surface area contributed by atoms with Crippen molar-refractivity contribution in [3.63, 3.8) is 0 Å². The number of ether oxygens (including phenoxy) is 1. The van der Waals surface area contributed by atoms with Gasteiger partial charge < -0.3 is 9.84 Å². The van der Waals surface area contributed by atoms with Crippen LogP contribution < -0.4 is 4.74 Å². The standard InChI is InChI=1S/C10H11O3/c1-13-9-4-2-3-8(7-9)5-6-10(11)12/h2,4,7H,5-6H2,1H3,(H,11,12). The van der Waals surface area contributed by atoms with Gasteiger partial charge in [0.2, 0.25) is 0 Å². The van der Waals surface area contributed by atoms with E-state index in [1.165, 1.54) is 0 Å². The van der Waals surface area contributed by atoms with Gasteiger partial charge in [0.15, 0.2) is 0 Å². The van der Waals surface area contributed by atoms with Gasteiger partial charge in [-0.15, -0.1) is 0 Å². The van der Waals surface area contributed by atoms with Crippen LogP contribution in [0.3, 0.4) is 0 Å². The van der Waals surface area contributed by atoms with Gasteiger partial charge >= 0.3 is 5.97 Å². The summed E-state index contributed by atoms with van der Waals surface area (Å²) < 4.78 is 4.99. The van der Waals surface area contributed by atoms with E-state index in [9.17, 15) is 4.79 Å². The van der Waals surface area contributed by atoms with Gasteiger partial charge in [0.05, 0.1) is 7.11 Å². The average molecular weight is 179 g/mol. The molecule has 1 aromatic carbocycles. The number of hydrogen-bond acceptors (Lipinski definition) is 2. The van der Waals surface area contributed by atoms with Crippen LogP contribution in [0.2, 0.25) is 0 Å². The van der Waals surface area contributed by atoms with E-state index < -0.39 is 5.97 Å². The quantitative estimate of drug-likeness (QED) is 0.762.